The maximum Gasteiger partial charge on any atom is 0.371 e. The number of furan rings is 1. The molecule has 2 atom stereocenters. The van der Waals surface area contributed by atoms with Gasteiger partial charge in [0.2, 0.25) is 11.6 Å². The van der Waals surface area contributed by atoms with Crippen LogP contribution in [-0.2, 0) is 0 Å². The van der Waals surface area contributed by atoms with Gasteiger partial charge in [0.05, 0.1) is 4.47 Å². The number of rotatable bonds is 4. The van der Waals surface area contributed by atoms with Crippen molar-refractivity contribution in [1.29, 1.82) is 0 Å². The molecular formula is C10H12BrNO3. The Balaban J connectivity index is 1.98. The smallest absolute Gasteiger partial charge is 0.371 e. The number of carboxylic acids is 1. The molecule has 0 spiro atoms. The van der Waals surface area contributed by atoms with Crippen LogP contribution in [0.25, 0.3) is 0 Å². The van der Waals surface area contributed by atoms with E-state index in [0.717, 1.165) is 12.5 Å². The minimum atomic E-state index is -1.05. The summed E-state index contributed by atoms with van der Waals surface area (Å²) in [4.78, 5) is 10.6. The third-order valence-corrected chi connectivity index (χ3v) is 3.29. The Labute approximate surface area is 95.8 Å². The molecular weight excluding hydrogens is 262 g/mol. The second-order valence-corrected chi connectivity index (χ2v) is 4.80. The summed E-state index contributed by atoms with van der Waals surface area (Å²) in [7, 11) is 0. The molecule has 1 aromatic heterocycles. The molecule has 0 saturated heterocycles. The summed E-state index contributed by atoms with van der Waals surface area (Å²) >= 11 is 3.25. The molecule has 0 amide bonds. The standard InChI is InChI=1S/C10H12BrNO3/c1-5-2-6(5)4-12-9-7(11)3-8(15-9)10(13)14/h3,5-6,12H,2,4H2,1H3,(H,13,14). The van der Waals surface area contributed by atoms with Gasteiger partial charge in [0.25, 0.3) is 0 Å². The van der Waals surface area contributed by atoms with Crippen molar-refractivity contribution in [2.45, 2.75) is 13.3 Å². The average molecular weight is 274 g/mol. The van der Waals surface area contributed by atoms with Crippen LogP contribution in [0.3, 0.4) is 0 Å². The van der Waals surface area contributed by atoms with Gasteiger partial charge >= 0.3 is 5.97 Å². The SMILES string of the molecule is CC1CC1CNc1oc(C(=O)O)cc1Br. The lowest BCUT2D eigenvalue weighted by Crippen LogP contribution is -2.03. The minimum Gasteiger partial charge on any atom is -0.475 e. The maximum absolute atomic E-state index is 10.6. The number of nitrogens with one attached hydrogen (secondary N) is 1. The van der Waals surface area contributed by atoms with Crippen molar-refractivity contribution in [3.8, 4) is 0 Å². The van der Waals surface area contributed by atoms with E-state index in [1.54, 1.807) is 0 Å². The molecule has 2 N–H and O–H groups in total. The zero-order chi connectivity index (χ0) is 11.0. The highest BCUT2D eigenvalue weighted by molar-refractivity contribution is 9.10. The molecule has 1 fully saturated rings. The van der Waals surface area contributed by atoms with Crippen LogP contribution < -0.4 is 5.32 Å². The summed E-state index contributed by atoms with van der Waals surface area (Å²) < 4.78 is 5.79. The van der Waals surface area contributed by atoms with Gasteiger partial charge in [-0.2, -0.15) is 0 Å². The highest BCUT2D eigenvalue weighted by Gasteiger charge is 2.32. The van der Waals surface area contributed by atoms with E-state index in [-0.39, 0.29) is 5.76 Å². The molecule has 0 radical (unpaired) electrons. The molecule has 82 valence electrons. The molecule has 2 unspecified atom stereocenters. The Morgan fingerprint density at radius 1 is 1.80 bits per heavy atom. The molecule has 1 saturated carbocycles. The van der Waals surface area contributed by atoms with Crippen LogP contribution in [0.15, 0.2) is 15.0 Å². The van der Waals surface area contributed by atoms with Gasteiger partial charge in [0.15, 0.2) is 0 Å². The zero-order valence-electron chi connectivity index (χ0n) is 8.29. The van der Waals surface area contributed by atoms with Gasteiger partial charge < -0.3 is 14.8 Å². The fraction of sp³-hybridized carbons (Fsp3) is 0.500. The first kappa shape index (κ1) is 10.5. The summed E-state index contributed by atoms with van der Waals surface area (Å²) in [5, 5.41) is 11.8. The van der Waals surface area contributed by atoms with Crippen molar-refractivity contribution < 1.29 is 14.3 Å². The zero-order valence-corrected chi connectivity index (χ0v) is 9.87. The van der Waals surface area contributed by atoms with Crippen LogP contribution in [0.2, 0.25) is 0 Å². The Kier molecular flexibility index (Phi) is 2.73. The third-order valence-electron chi connectivity index (χ3n) is 2.70. The Bertz CT molecular complexity index is 388. The molecule has 15 heavy (non-hydrogen) atoms. The van der Waals surface area contributed by atoms with Crippen LogP contribution in [0.1, 0.15) is 23.9 Å². The van der Waals surface area contributed by atoms with Gasteiger partial charge in [0.1, 0.15) is 0 Å². The fourth-order valence-corrected chi connectivity index (χ4v) is 1.93. The normalized spacial score (nSPS) is 23.9. The van der Waals surface area contributed by atoms with E-state index in [2.05, 4.69) is 28.2 Å². The van der Waals surface area contributed by atoms with Crippen LogP contribution in [0, 0.1) is 11.8 Å². The predicted molar refractivity (Wildman–Crippen MR) is 59.1 cm³/mol. The van der Waals surface area contributed by atoms with Crippen LogP contribution in [-0.4, -0.2) is 17.6 Å². The van der Waals surface area contributed by atoms with Gasteiger partial charge in [-0.15, -0.1) is 0 Å². The lowest BCUT2D eigenvalue weighted by molar-refractivity contribution is 0.0663. The van der Waals surface area contributed by atoms with E-state index in [1.165, 1.54) is 12.5 Å². The number of carbonyl (C=O) groups is 1. The number of aromatic carboxylic acids is 1. The van der Waals surface area contributed by atoms with Gasteiger partial charge in [-0.25, -0.2) is 4.79 Å². The highest BCUT2D eigenvalue weighted by atomic mass is 79.9. The van der Waals surface area contributed by atoms with Crippen molar-refractivity contribution in [2.24, 2.45) is 11.8 Å². The number of carboxylic acid groups (broad SMARTS) is 1. The Morgan fingerprint density at radius 2 is 2.47 bits per heavy atom. The van der Waals surface area contributed by atoms with Crippen molar-refractivity contribution >= 4 is 27.8 Å². The first-order valence-corrected chi connectivity index (χ1v) is 5.63. The summed E-state index contributed by atoms with van der Waals surface area (Å²) in [6, 6.07) is 1.46. The molecule has 0 aromatic carbocycles. The summed E-state index contributed by atoms with van der Waals surface area (Å²) in [5.41, 5.74) is 0. The lowest BCUT2D eigenvalue weighted by Gasteiger charge is -2.01. The second-order valence-electron chi connectivity index (χ2n) is 3.95. The molecule has 0 bridgehead atoms. The van der Waals surface area contributed by atoms with E-state index in [1.807, 2.05) is 0 Å². The third kappa shape index (κ3) is 2.34. The summed E-state index contributed by atoms with van der Waals surface area (Å²) in [6.07, 6.45) is 1.23. The highest BCUT2D eigenvalue weighted by Crippen LogP contribution is 2.38. The summed E-state index contributed by atoms with van der Waals surface area (Å²) in [5.74, 6) is 0.865. The lowest BCUT2D eigenvalue weighted by atomic mass is 10.3. The van der Waals surface area contributed by atoms with Gasteiger partial charge in [0, 0.05) is 12.6 Å². The largest absolute Gasteiger partial charge is 0.475 e. The fourth-order valence-electron chi connectivity index (χ4n) is 1.50. The number of anilines is 1. The van der Waals surface area contributed by atoms with E-state index >= 15 is 0 Å². The molecule has 2 rings (SSSR count). The van der Waals surface area contributed by atoms with Gasteiger partial charge in [-0.1, -0.05) is 6.92 Å². The van der Waals surface area contributed by atoms with Crippen molar-refractivity contribution in [3.63, 3.8) is 0 Å². The molecule has 5 heteroatoms. The van der Waals surface area contributed by atoms with Crippen LogP contribution >= 0.6 is 15.9 Å². The molecule has 1 heterocycles. The topological polar surface area (TPSA) is 62.5 Å². The van der Waals surface area contributed by atoms with E-state index in [0.29, 0.717) is 16.3 Å². The first-order chi connectivity index (χ1) is 7.08. The minimum absolute atomic E-state index is 0.0479. The molecule has 1 aliphatic carbocycles. The summed E-state index contributed by atoms with van der Waals surface area (Å²) in [6.45, 7) is 3.04. The van der Waals surface area contributed by atoms with E-state index < -0.39 is 5.97 Å². The number of halogens is 1. The van der Waals surface area contributed by atoms with Crippen molar-refractivity contribution in [1.82, 2.24) is 0 Å². The van der Waals surface area contributed by atoms with Crippen molar-refractivity contribution in [2.75, 3.05) is 11.9 Å². The quantitative estimate of drug-likeness (QED) is 0.886. The first-order valence-electron chi connectivity index (χ1n) is 4.84. The van der Waals surface area contributed by atoms with Crippen LogP contribution in [0.5, 0.6) is 0 Å². The maximum atomic E-state index is 10.6. The van der Waals surface area contributed by atoms with E-state index in [9.17, 15) is 4.79 Å². The van der Waals surface area contributed by atoms with Gasteiger partial charge in [-0.3, -0.25) is 0 Å². The Morgan fingerprint density at radius 3 is 2.93 bits per heavy atom. The average Bonchev–Trinajstić information content (AvgIpc) is 2.72. The van der Waals surface area contributed by atoms with Crippen LogP contribution in [0.4, 0.5) is 5.88 Å². The molecule has 4 nitrogen and oxygen atoms in total. The van der Waals surface area contributed by atoms with Crippen molar-refractivity contribution in [3.05, 3.63) is 16.3 Å². The Hall–Kier alpha value is -0.970. The van der Waals surface area contributed by atoms with E-state index in [4.69, 9.17) is 9.52 Å². The second kappa shape index (κ2) is 3.89. The monoisotopic (exact) mass is 273 g/mol. The molecule has 1 aliphatic rings. The predicted octanol–water partition coefficient (Wildman–Crippen LogP) is 2.81. The molecule has 0 aliphatic heterocycles. The number of hydrogen-bond donors (Lipinski definition) is 2. The molecule has 1 aromatic rings. The number of hydrogen-bond acceptors (Lipinski definition) is 3. The van der Waals surface area contributed by atoms with Gasteiger partial charge in [-0.05, 0) is 34.2 Å².